The molecule has 0 fully saturated rings. The summed E-state index contributed by atoms with van der Waals surface area (Å²) in [5, 5.41) is 1.27. The number of carbonyl (C=O) groups excluding carboxylic acids is 2. The van der Waals surface area contributed by atoms with Crippen molar-refractivity contribution in [2.75, 3.05) is 0 Å². The molecule has 0 aliphatic heterocycles. The van der Waals surface area contributed by atoms with Gasteiger partial charge in [0.05, 0.1) is 6.42 Å². The summed E-state index contributed by atoms with van der Waals surface area (Å²) in [7, 11) is 0. The summed E-state index contributed by atoms with van der Waals surface area (Å²) >= 11 is 11.6. The Morgan fingerprint density at radius 1 is 0.696 bits per heavy atom. The first kappa shape index (κ1) is 17.2. The molecule has 2 aromatic carbocycles. The van der Waals surface area contributed by atoms with Crippen molar-refractivity contribution in [2.45, 2.75) is 6.42 Å². The van der Waals surface area contributed by atoms with E-state index < -0.39 is 0 Å². The monoisotopic (exact) mass is 344 g/mol. The van der Waals surface area contributed by atoms with Crippen LogP contribution in [0.3, 0.4) is 0 Å². The lowest BCUT2D eigenvalue weighted by Crippen LogP contribution is -2.01. The van der Waals surface area contributed by atoms with E-state index in [9.17, 15) is 9.59 Å². The van der Waals surface area contributed by atoms with Crippen molar-refractivity contribution in [3.05, 3.63) is 81.9 Å². The Morgan fingerprint density at radius 3 is 1.39 bits per heavy atom. The molecule has 2 rings (SSSR count). The number of rotatable bonds is 6. The minimum absolute atomic E-state index is 0.159. The molecule has 2 aromatic rings. The Morgan fingerprint density at radius 2 is 1.04 bits per heavy atom. The van der Waals surface area contributed by atoms with Gasteiger partial charge >= 0.3 is 0 Å². The van der Waals surface area contributed by atoms with Gasteiger partial charge in [-0.15, -0.1) is 0 Å². The number of benzene rings is 2. The van der Waals surface area contributed by atoms with E-state index in [-0.39, 0.29) is 18.0 Å². The molecule has 0 N–H and O–H groups in total. The van der Waals surface area contributed by atoms with Gasteiger partial charge in [0.25, 0.3) is 0 Å². The zero-order valence-electron chi connectivity index (χ0n) is 12.2. The van der Waals surface area contributed by atoms with Gasteiger partial charge in [0, 0.05) is 10.0 Å². The number of halogens is 2. The van der Waals surface area contributed by atoms with Crippen LogP contribution in [0.2, 0.25) is 10.0 Å². The largest absolute Gasteiger partial charge is 0.294 e. The van der Waals surface area contributed by atoms with E-state index in [4.69, 9.17) is 23.2 Å². The lowest BCUT2D eigenvalue weighted by atomic mass is 10.1. The van der Waals surface area contributed by atoms with Crippen molar-refractivity contribution in [1.82, 2.24) is 0 Å². The quantitative estimate of drug-likeness (QED) is 0.529. The molecule has 0 aliphatic carbocycles. The van der Waals surface area contributed by atoms with Crippen LogP contribution in [0.25, 0.3) is 12.2 Å². The fourth-order valence-electron chi connectivity index (χ4n) is 1.82. The van der Waals surface area contributed by atoms with E-state index in [0.717, 1.165) is 11.1 Å². The first-order chi connectivity index (χ1) is 11.0. The molecule has 0 aromatic heterocycles. The topological polar surface area (TPSA) is 34.1 Å². The maximum absolute atomic E-state index is 11.8. The van der Waals surface area contributed by atoms with Crippen LogP contribution < -0.4 is 0 Å². The molecule has 0 saturated heterocycles. The molecule has 4 heteroatoms. The molecule has 0 unspecified atom stereocenters. The summed E-state index contributed by atoms with van der Waals surface area (Å²) in [6.07, 6.45) is 5.96. The van der Waals surface area contributed by atoms with E-state index in [1.54, 1.807) is 60.7 Å². The highest BCUT2D eigenvalue weighted by atomic mass is 35.5. The van der Waals surface area contributed by atoms with Crippen molar-refractivity contribution in [3.8, 4) is 0 Å². The van der Waals surface area contributed by atoms with Crippen molar-refractivity contribution >= 4 is 46.9 Å². The van der Waals surface area contributed by atoms with Crippen LogP contribution in [0.15, 0.2) is 60.7 Å². The molecule has 116 valence electrons. The number of allylic oxidation sites excluding steroid dienone is 2. The maximum atomic E-state index is 11.8. The van der Waals surface area contributed by atoms with Gasteiger partial charge in [0.15, 0.2) is 11.6 Å². The van der Waals surface area contributed by atoms with Gasteiger partial charge in [-0.05, 0) is 47.5 Å². The van der Waals surface area contributed by atoms with E-state index in [2.05, 4.69) is 0 Å². The fourth-order valence-corrected chi connectivity index (χ4v) is 2.07. The van der Waals surface area contributed by atoms with Gasteiger partial charge in [0.1, 0.15) is 0 Å². The highest BCUT2D eigenvalue weighted by Gasteiger charge is 2.03. The van der Waals surface area contributed by atoms with Gasteiger partial charge in [-0.3, -0.25) is 9.59 Å². The smallest absolute Gasteiger partial charge is 0.163 e. The number of carbonyl (C=O) groups is 2. The molecule has 23 heavy (non-hydrogen) atoms. The minimum atomic E-state index is -0.245. The normalized spacial score (nSPS) is 11.2. The predicted molar refractivity (Wildman–Crippen MR) is 95.6 cm³/mol. The standard InChI is InChI=1S/C19H14Cl2O2/c20-16-7-1-14(2-8-16)5-11-18(22)13-19(23)12-6-15-3-9-17(21)10-4-15/h1-12H,13H2/b11-5+,12-6+. The van der Waals surface area contributed by atoms with E-state index >= 15 is 0 Å². The van der Waals surface area contributed by atoms with Crippen molar-refractivity contribution in [2.24, 2.45) is 0 Å². The second kappa shape index (κ2) is 8.47. The first-order valence-corrected chi connectivity index (χ1v) is 7.71. The van der Waals surface area contributed by atoms with Crippen LogP contribution in [-0.2, 0) is 9.59 Å². The Kier molecular flexibility index (Phi) is 6.33. The molecule has 0 heterocycles. The minimum Gasteiger partial charge on any atom is -0.294 e. The Bertz CT molecular complexity index is 676. The summed E-state index contributed by atoms with van der Waals surface area (Å²) in [4.78, 5) is 23.5. The summed E-state index contributed by atoms with van der Waals surface area (Å²) in [6, 6.07) is 14.2. The van der Waals surface area contributed by atoms with Gasteiger partial charge in [0.2, 0.25) is 0 Å². The summed E-state index contributed by atoms with van der Waals surface area (Å²) in [5.74, 6) is -0.489. The molecule has 2 nitrogen and oxygen atoms in total. The van der Waals surface area contributed by atoms with E-state index in [0.29, 0.717) is 10.0 Å². The van der Waals surface area contributed by atoms with Crippen LogP contribution >= 0.6 is 23.2 Å². The van der Waals surface area contributed by atoms with Crippen LogP contribution in [0.1, 0.15) is 17.5 Å². The Labute approximate surface area is 145 Å². The Hall–Kier alpha value is -2.16. The van der Waals surface area contributed by atoms with Crippen molar-refractivity contribution < 1.29 is 9.59 Å². The van der Waals surface area contributed by atoms with Crippen LogP contribution in [0.4, 0.5) is 0 Å². The zero-order valence-corrected chi connectivity index (χ0v) is 13.7. The van der Waals surface area contributed by atoms with Gasteiger partial charge in [-0.1, -0.05) is 59.6 Å². The number of hydrogen-bond donors (Lipinski definition) is 0. The maximum Gasteiger partial charge on any atom is 0.163 e. The second-order valence-corrected chi connectivity index (χ2v) is 5.75. The van der Waals surface area contributed by atoms with Crippen LogP contribution in [0.5, 0.6) is 0 Å². The third kappa shape index (κ3) is 6.23. The first-order valence-electron chi connectivity index (χ1n) is 6.96. The third-order valence-electron chi connectivity index (χ3n) is 3.01. The molecular weight excluding hydrogens is 331 g/mol. The SMILES string of the molecule is O=C(/C=C/c1ccc(Cl)cc1)CC(=O)/C=C/c1ccc(Cl)cc1. The molecule has 0 radical (unpaired) electrons. The second-order valence-electron chi connectivity index (χ2n) is 4.88. The van der Waals surface area contributed by atoms with Gasteiger partial charge < -0.3 is 0 Å². The molecular formula is C19H14Cl2O2. The highest BCUT2D eigenvalue weighted by molar-refractivity contribution is 6.30. The highest BCUT2D eigenvalue weighted by Crippen LogP contribution is 2.12. The summed E-state index contributed by atoms with van der Waals surface area (Å²) in [6.45, 7) is 0. The van der Waals surface area contributed by atoms with E-state index in [1.165, 1.54) is 12.2 Å². The predicted octanol–water partition coefficient (Wildman–Crippen LogP) is 5.25. The van der Waals surface area contributed by atoms with Gasteiger partial charge in [-0.2, -0.15) is 0 Å². The third-order valence-corrected chi connectivity index (χ3v) is 3.52. The molecule has 0 amide bonds. The average molecular weight is 345 g/mol. The lowest BCUT2D eigenvalue weighted by Gasteiger charge is -1.95. The molecule has 0 saturated carbocycles. The molecule has 0 bridgehead atoms. The van der Waals surface area contributed by atoms with Crippen LogP contribution in [-0.4, -0.2) is 11.6 Å². The fraction of sp³-hybridized carbons (Fsp3) is 0.0526. The number of ketones is 2. The summed E-state index contributed by atoms with van der Waals surface area (Å²) in [5.41, 5.74) is 1.71. The lowest BCUT2D eigenvalue weighted by molar-refractivity contribution is -0.121. The van der Waals surface area contributed by atoms with Gasteiger partial charge in [-0.25, -0.2) is 0 Å². The average Bonchev–Trinajstić information content (AvgIpc) is 2.54. The molecule has 0 spiro atoms. The zero-order chi connectivity index (χ0) is 16.7. The Balaban J connectivity index is 1.88. The molecule has 0 aliphatic rings. The van der Waals surface area contributed by atoms with Crippen LogP contribution in [0, 0.1) is 0 Å². The summed E-state index contributed by atoms with van der Waals surface area (Å²) < 4.78 is 0. The number of hydrogen-bond acceptors (Lipinski definition) is 2. The van der Waals surface area contributed by atoms with E-state index in [1.807, 2.05) is 0 Å². The van der Waals surface area contributed by atoms with Crippen molar-refractivity contribution in [3.63, 3.8) is 0 Å². The molecule has 0 atom stereocenters. The van der Waals surface area contributed by atoms with Crippen molar-refractivity contribution in [1.29, 1.82) is 0 Å².